The van der Waals surface area contributed by atoms with E-state index in [1.54, 1.807) is 11.9 Å². The summed E-state index contributed by atoms with van der Waals surface area (Å²) in [6.07, 6.45) is 2.07. The molecule has 0 unspecified atom stereocenters. The average molecular weight is 304 g/mol. The Kier molecular flexibility index (Phi) is 5.95. The maximum atomic E-state index is 12.2. The third-order valence-electron chi connectivity index (χ3n) is 4.02. The first-order chi connectivity index (χ1) is 10.6. The summed E-state index contributed by atoms with van der Waals surface area (Å²) in [5.74, 6) is -0.957. The van der Waals surface area contributed by atoms with Crippen LogP contribution in [0.4, 0.5) is 0 Å². The first-order valence-corrected chi connectivity index (χ1v) is 7.81. The van der Waals surface area contributed by atoms with Crippen LogP contribution in [0, 0.1) is 5.92 Å². The number of unbranched alkanes of at least 4 members (excludes halogenated alkanes) is 1. The molecule has 0 aliphatic carbocycles. The van der Waals surface area contributed by atoms with Gasteiger partial charge in [-0.2, -0.15) is 0 Å². The Bertz CT molecular complexity index is 504. The normalized spacial score (nSPS) is 20.6. The number of amides is 2. The van der Waals surface area contributed by atoms with Gasteiger partial charge in [0.05, 0.1) is 12.6 Å². The van der Waals surface area contributed by atoms with Crippen LogP contribution in [-0.4, -0.2) is 43.0 Å². The molecule has 2 rings (SSSR count). The van der Waals surface area contributed by atoms with E-state index in [4.69, 9.17) is 4.74 Å². The van der Waals surface area contributed by atoms with E-state index in [9.17, 15) is 9.59 Å². The zero-order chi connectivity index (χ0) is 15.9. The van der Waals surface area contributed by atoms with Crippen molar-refractivity contribution in [3.8, 4) is 0 Å². The number of nitrogens with zero attached hydrogens (tertiary/aromatic N) is 1. The Balaban J connectivity index is 1.83. The minimum Gasteiger partial charge on any atom is -0.379 e. The van der Waals surface area contributed by atoms with Crippen molar-refractivity contribution in [1.82, 2.24) is 10.2 Å². The van der Waals surface area contributed by atoms with Crippen LogP contribution in [0.25, 0.3) is 0 Å². The molecule has 1 aliphatic rings. The Morgan fingerprint density at radius 1 is 1.32 bits per heavy atom. The largest absolute Gasteiger partial charge is 0.379 e. The first-order valence-electron chi connectivity index (χ1n) is 7.81. The standard InChI is InChI=1S/C17H24N2O3/c1-3-4-10-22-12-14-15(17(21)19(14)2)16(20)18-11-13-8-6-5-7-9-13/h5-9,14-15H,3-4,10-12H2,1-2H3,(H,18,20)/t14-,15-/m0/s1. The van der Waals surface area contributed by atoms with Crippen molar-refractivity contribution < 1.29 is 14.3 Å². The maximum absolute atomic E-state index is 12.2. The van der Waals surface area contributed by atoms with Crippen LogP contribution in [0.3, 0.4) is 0 Å². The van der Waals surface area contributed by atoms with Crippen LogP contribution in [0.2, 0.25) is 0 Å². The Labute approximate surface area is 131 Å². The molecule has 22 heavy (non-hydrogen) atoms. The van der Waals surface area contributed by atoms with E-state index < -0.39 is 5.92 Å². The van der Waals surface area contributed by atoms with Crippen molar-refractivity contribution in [3.05, 3.63) is 35.9 Å². The molecule has 5 nitrogen and oxygen atoms in total. The third-order valence-corrected chi connectivity index (χ3v) is 4.02. The predicted octanol–water partition coefficient (Wildman–Crippen LogP) is 1.58. The van der Waals surface area contributed by atoms with Crippen molar-refractivity contribution in [3.63, 3.8) is 0 Å². The van der Waals surface area contributed by atoms with E-state index in [1.807, 2.05) is 30.3 Å². The molecule has 1 aliphatic heterocycles. The summed E-state index contributed by atoms with van der Waals surface area (Å²) in [5.41, 5.74) is 1.02. The lowest BCUT2D eigenvalue weighted by molar-refractivity contribution is -0.163. The second kappa shape index (κ2) is 7.94. The Morgan fingerprint density at radius 3 is 2.73 bits per heavy atom. The molecule has 1 saturated heterocycles. The van der Waals surface area contributed by atoms with Crippen molar-refractivity contribution in [2.24, 2.45) is 5.92 Å². The molecule has 1 heterocycles. The molecule has 0 saturated carbocycles. The summed E-state index contributed by atoms with van der Waals surface area (Å²) in [4.78, 5) is 25.8. The summed E-state index contributed by atoms with van der Waals surface area (Å²) >= 11 is 0. The van der Waals surface area contributed by atoms with Crippen LogP contribution in [0.15, 0.2) is 30.3 Å². The fourth-order valence-electron chi connectivity index (χ4n) is 2.53. The number of hydrogen-bond acceptors (Lipinski definition) is 3. The molecule has 0 aromatic heterocycles. The minimum absolute atomic E-state index is 0.130. The number of carbonyl (C=O) groups excluding carboxylic acids is 2. The van der Waals surface area contributed by atoms with Crippen LogP contribution in [0.1, 0.15) is 25.3 Å². The first kappa shape index (κ1) is 16.5. The minimum atomic E-state index is -0.615. The average Bonchev–Trinajstić information content (AvgIpc) is 2.55. The molecular weight excluding hydrogens is 280 g/mol. The van der Waals surface area contributed by atoms with Gasteiger partial charge in [0.15, 0.2) is 0 Å². The Hall–Kier alpha value is -1.88. The molecule has 2 atom stereocenters. The molecule has 1 N–H and O–H groups in total. The summed E-state index contributed by atoms with van der Waals surface area (Å²) in [6.45, 7) is 3.64. The zero-order valence-electron chi connectivity index (χ0n) is 13.2. The van der Waals surface area contributed by atoms with Gasteiger partial charge in [-0.05, 0) is 12.0 Å². The van der Waals surface area contributed by atoms with Gasteiger partial charge in [-0.3, -0.25) is 9.59 Å². The summed E-state index contributed by atoms with van der Waals surface area (Å²) in [6, 6.07) is 9.52. The number of carbonyl (C=O) groups is 2. The number of ether oxygens (including phenoxy) is 1. The van der Waals surface area contributed by atoms with Gasteiger partial charge in [0.1, 0.15) is 5.92 Å². The highest BCUT2D eigenvalue weighted by Gasteiger charge is 2.49. The van der Waals surface area contributed by atoms with E-state index in [-0.39, 0.29) is 17.9 Å². The number of likely N-dealkylation sites (tertiary alicyclic amines) is 1. The number of likely N-dealkylation sites (N-methyl/N-ethyl adjacent to an activating group) is 1. The molecule has 0 bridgehead atoms. The quantitative estimate of drug-likeness (QED) is 0.451. The number of benzene rings is 1. The highest BCUT2D eigenvalue weighted by atomic mass is 16.5. The van der Waals surface area contributed by atoms with Gasteiger partial charge in [0, 0.05) is 20.2 Å². The Morgan fingerprint density at radius 2 is 2.05 bits per heavy atom. The number of rotatable bonds is 8. The van der Waals surface area contributed by atoms with Crippen LogP contribution in [-0.2, 0) is 20.9 Å². The second-order valence-electron chi connectivity index (χ2n) is 5.63. The highest BCUT2D eigenvalue weighted by Crippen LogP contribution is 2.25. The lowest BCUT2D eigenvalue weighted by Gasteiger charge is -2.43. The summed E-state index contributed by atoms with van der Waals surface area (Å²) in [7, 11) is 1.72. The van der Waals surface area contributed by atoms with Crippen LogP contribution < -0.4 is 5.32 Å². The van der Waals surface area contributed by atoms with Gasteiger partial charge in [0.25, 0.3) is 0 Å². The summed E-state index contributed by atoms with van der Waals surface area (Å²) in [5, 5.41) is 2.84. The van der Waals surface area contributed by atoms with Gasteiger partial charge in [-0.25, -0.2) is 0 Å². The van der Waals surface area contributed by atoms with E-state index in [1.165, 1.54) is 0 Å². The molecule has 120 valence electrons. The monoisotopic (exact) mass is 304 g/mol. The van der Waals surface area contributed by atoms with Gasteiger partial charge >= 0.3 is 0 Å². The third kappa shape index (κ3) is 3.85. The van der Waals surface area contributed by atoms with Gasteiger partial charge < -0.3 is 15.0 Å². The zero-order valence-corrected chi connectivity index (χ0v) is 13.2. The molecule has 2 amide bonds. The van der Waals surface area contributed by atoms with Gasteiger partial charge in [-0.15, -0.1) is 0 Å². The van der Waals surface area contributed by atoms with Crippen molar-refractivity contribution in [1.29, 1.82) is 0 Å². The second-order valence-corrected chi connectivity index (χ2v) is 5.63. The summed E-state index contributed by atoms with van der Waals surface area (Å²) < 4.78 is 5.57. The molecule has 0 spiro atoms. The highest BCUT2D eigenvalue weighted by molar-refractivity contribution is 6.05. The molecule has 1 aromatic carbocycles. The molecule has 0 radical (unpaired) electrons. The lowest BCUT2D eigenvalue weighted by Crippen LogP contribution is -2.65. The maximum Gasteiger partial charge on any atom is 0.237 e. The molecule has 1 aromatic rings. The fourth-order valence-corrected chi connectivity index (χ4v) is 2.53. The van der Waals surface area contributed by atoms with Crippen molar-refractivity contribution in [2.45, 2.75) is 32.4 Å². The van der Waals surface area contributed by atoms with E-state index in [0.717, 1.165) is 18.4 Å². The van der Waals surface area contributed by atoms with E-state index in [0.29, 0.717) is 19.8 Å². The predicted molar refractivity (Wildman–Crippen MR) is 84.1 cm³/mol. The smallest absolute Gasteiger partial charge is 0.237 e. The van der Waals surface area contributed by atoms with Crippen LogP contribution in [0.5, 0.6) is 0 Å². The van der Waals surface area contributed by atoms with Crippen LogP contribution >= 0.6 is 0 Å². The molecular formula is C17H24N2O3. The SMILES string of the molecule is CCCCOC[C@H]1[C@@H](C(=O)NCc2ccccc2)C(=O)N1C. The topological polar surface area (TPSA) is 58.6 Å². The van der Waals surface area contributed by atoms with E-state index in [2.05, 4.69) is 12.2 Å². The van der Waals surface area contributed by atoms with Gasteiger partial charge in [0.2, 0.25) is 11.8 Å². The molecule has 5 heteroatoms. The lowest BCUT2D eigenvalue weighted by atomic mass is 9.87. The molecule has 1 fully saturated rings. The van der Waals surface area contributed by atoms with E-state index >= 15 is 0 Å². The number of hydrogen-bond donors (Lipinski definition) is 1. The fraction of sp³-hybridized carbons (Fsp3) is 0.529. The number of nitrogens with one attached hydrogen (secondary N) is 1. The van der Waals surface area contributed by atoms with Gasteiger partial charge in [-0.1, -0.05) is 43.7 Å². The number of β-lactam (4-membered cyclic amide) rings is 1. The van der Waals surface area contributed by atoms with Crippen molar-refractivity contribution >= 4 is 11.8 Å². The van der Waals surface area contributed by atoms with Crippen molar-refractivity contribution in [2.75, 3.05) is 20.3 Å².